The molecule has 0 aromatic carbocycles. The van der Waals surface area contributed by atoms with Crippen LogP contribution in [0.4, 0.5) is 0 Å². The van der Waals surface area contributed by atoms with Crippen LogP contribution >= 0.6 is 0 Å². The smallest absolute Gasteiger partial charge is 0.315 e. The fourth-order valence-electron chi connectivity index (χ4n) is 1.73. The van der Waals surface area contributed by atoms with Crippen molar-refractivity contribution in [1.29, 1.82) is 10.5 Å². The molecule has 0 aliphatic rings. The van der Waals surface area contributed by atoms with Crippen LogP contribution in [0.5, 0.6) is 0 Å². The van der Waals surface area contributed by atoms with E-state index in [1.807, 2.05) is 12.1 Å². The fraction of sp³-hybridized carbons (Fsp3) is 0.500. The molecule has 108 valence electrons. The second kappa shape index (κ2) is 7.46. The van der Waals surface area contributed by atoms with Gasteiger partial charge in [-0.05, 0) is 0 Å². The number of hydrogen-bond donors (Lipinski definition) is 0. The van der Waals surface area contributed by atoms with Crippen molar-refractivity contribution in [3.63, 3.8) is 0 Å². The summed E-state index contributed by atoms with van der Waals surface area (Å²) in [6.45, 7) is 6.21. The molecule has 0 saturated heterocycles. The molecule has 0 N–H and O–H groups in total. The van der Waals surface area contributed by atoms with Crippen LogP contribution in [0.15, 0.2) is 14.4 Å². The third kappa shape index (κ3) is 3.46. The molecule has 0 bridgehead atoms. The molecule has 1 rings (SSSR count). The van der Waals surface area contributed by atoms with Crippen LogP contribution in [0.2, 0.25) is 0 Å². The first-order chi connectivity index (χ1) is 10.1. The Morgan fingerprint density at radius 1 is 0.857 bits per heavy atom. The molecule has 1 aromatic heterocycles. The largest absolute Gasteiger partial charge is 0.336 e. The van der Waals surface area contributed by atoms with Crippen molar-refractivity contribution < 1.29 is 0 Å². The Morgan fingerprint density at radius 2 is 1.24 bits per heavy atom. The van der Waals surface area contributed by atoms with Crippen molar-refractivity contribution in [1.82, 2.24) is 13.7 Å². The van der Waals surface area contributed by atoms with Gasteiger partial charge < -0.3 is 4.85 Å². The van der Waals surface area contributed by atoms with Crippen LogP contribution < -0.4 is 17.1 Å². The summed E-state index contributed by atoms with van der Waals surface area (Å²) in [6.07, 6.45) is -0.122. The minimum Gasteiger partial charge on any atom is -0.315 e. The van der Waals surface area contributed by atoms with Crippen LogP contribution in [0.25, 0.3) is 4.85 Å². The number of aromatic nitrogens is 3. The molecule has 0 atom stereocenters. The first kappa shape index (κ1) is 15.9. The van der Waals surface area contributed by atoms with Crippen molar-refractivity contribution in [3.05, 3.63) is 42.9 Å². The number of nitriles is 2. The highest BCUT2D eigenvalue weighted by Gasteiger charge is 2.15. The lowest BCUT2D eigenvalue weighted by Gasteiger charge is -2.10. The SMILES string of the molecule is [C-]#[N+]CCn1c(=O)n(CCC#N)c(=O)n(CCC#N)c1=O. The Balaban J connectivity index is 3.52. The highest BCUT2D eigenvalue weighted by molar-refractivity contribution is 4.83. The summed E-state index contributed by atoms with van der Waals surface area (Å²) in [5.74, 6) is 0. The van der Waals surface area contributed by atoms with Gasteiger partial charge in [-0.1, -0.05) is 0 Å². The average Bonchev–Trinajstić information content (AvgIpc) is 2.47. The highest BCUT2D eigenvalue weighted by Crippen LogP contribution is 1.84. The zero-order valence-corrected chi connectivity index (χ0v) is 11.2. The molecule has 0 radical (unpaired) electrons. The van der Waals surface area contributed by atoms with E-state index in [0.717, 1.165) is 13.7 Å². The summed E-state index contributed by atoms with van der Waals surface area (Å²) in [6, 6.07) is 3.63. The van der Waals surface area contributed by atoms with E-state index in [-0.39, 0.29) is 39.0 Å². The third-order valence-electron chi connectivity index (χ3n) is 2.72. The maximum atomic E-state index is 12.1. The number of rotatable bonds is 6. The second-order valence-corrected chi connectivity index (χ2v) is 4.00. The number of nitrogens with zero attached hydrogens (tertiary/aromatic N) is 6. The summed E-state index contributed by atoms with van der Waals surface area (Å²) in [5.41, 5.74) is -2.51. The van der Waals surface area contributed by atoms with Gasteiger partial charge in [-0.3, -0.25) is 0 Å². The molecular formula is C12H12N6O3. The summed E-state index contributed by atoms with van der Waals surface area (Å²) in [7, 11) is 0. The molecule has 9 heteroatoms. The van der Waals surface area contributed by atoms with Crippen molar-refractivity contribution in [2.75, 3.05) is 6.54 Å². The zero-order valence-electron chi connectivity index (χ0n) is 11.2. The molecule has 0 unspecified atom stereocenters. The third-order valence-corrected chi connectivity index (χ3v) is 2.72. The lowest BCUT2D eigenvalue weighted by atomic mass is 10.4. The Morgan fingerprint density at radius 3 is 1.57 bits per heavy atom. The van der Waals surface area contributed by atoms with Crippen LogP contribution in [-0.2, 0) is 19.6 Å². The molecule has 0 saturated carbocycles. The molecule has 1 heterocycles. The molecule has 21 heavy (non-hydrogen) atoms. The van der Waals surface area contributed by atoms with Gasteiger partial charge in [-0.15, -0.1) is 0 Å². The predicted molar refractivity (Wildman–Crippen MR) is 71.2 cm³/mol. The second-order valence-electron chi connectivity index (χ2n) is 4.00. The summed E-state index contributed by atoms with van der Waals surface area (Å²) < 4.78 is 2.35. The standard InChI is InChI=1S/C12H12N6O3/c1-15-6-9-18-11(20)16(7-2-4-13)10(19)17(12(18)21)8-3-5-14/h2-3,6-9H2. The minimum absolute atomic E-state index is 0.0611. The molecule has 0 aliphatic heterocycles. The minimum atomic E-state index is -0.838. The molecule has 0 amide bonds. The molecule has 1 aromatic rings. The normalized spacial score (nSPS) is 9.57. The van der Waals surface area contributed by atoms with Crippen LogP contribution in [-0.4, -0.2) is 20.2 Å². The molecule has 0 fully saturated rings. The Hall–Kier alpha value is -3.12. The van der Waals surface area contributed by atoms with Gasteiger partial charge in [-0.2, -0.15) is 10.5 Å². The Bertz CT molecular complexity index is 669. The van der Waals surface area contributed by atoms with Gasteiger partial charge in [0, 0.05) is 13.1 Å². The monoisotopic (exact) mass is 288 g/mol. The van der Waals surface area contributed by atoms with Crippen LogP contribution in [0, 0.1) is 29.2 Å². The van der Waals surface area contributed by atoms with Crippen molar-refractivity contribution in [2.24, 2.45) is 0 Å². The maximum absolute atomic E-state index is 12.1. The molecule has 0 aliphatic carbocycles. The molecule has 0 spiro atoms. The van der Waals surface area contributed by atoms with Gasteiger partial charge in [-0.25, -0.2) is 34.7 Å². The lowest BCUT2D eigenvalue weighted by molar-refractivity contribution is 0.456. The van der Waals surface area contributed by atoms with E-state index in [2.05, 4.69) is 4.85 Å². The topological polar surface area (TPSA) is 118 Å². The predicted octanol–water partition coefficient (Wildman–Crippen LogP) is -1.08. The van der Waals surface area contributed by atoms with Gasteiger partial charge >= 0.3 is 17.1 Å². The summed E-state index contributed by atoms with van der Waals surface area (Å²) in [4.78, 5) is 39.3. The van der Waals surface area contributed by atoms with E-state index in [1.54, 1.807) is 0 Å². The van der Waals surface area contributed by atoms with E-state index in [9.17, 15) is 14.4 Å². The van der Waals surface area contributed by atoms with Crippen molar-refractivity contribution in [3.8, 4) is 12.1 Å². The first-order valence-corrected chi connectivity index (χ1v) is 6.10. The Labute approximate surface area is 119 Å². The quantitative estimate of drug-likeness (QED) is 0.617. The van der Waals surface area contributed by atoms with Gasteiger partial charge in [0.15, 0.2) is 0 Å². The molecular weight excluding hydrogens is 276 g/mol. The maximum Gasteiger partial charge on any atom is 0.336 e. The average molecular weight is 288 g/mol. The van der Waals surface area contributed by atoms with E-state index in [0.29, 0.717) is 0 Å². The van der Waals surface area contributed by atoms with E-state index < -0.39 is 17.1 Å². The Kier molecular flexibility index (Phi) is 5.66. The zero-order chi connectivity index (χ0) is 15.8. The fourth-order valence-corrected chi connectivity index (χ4v) is 1.73. The van der Waals surface area contributed by atoms with Gasteiger partial charge in [0.1, 0.15) is 6.54 Å². The van der Waals surface area contributed by atoms with Crippen molar-refractivity contribution in [2.45, 2.75) is 32.5 Å². The van der Waals surface area contributed by atoms with Crippen LogP contribution in [0.1, 0.15) is 12.8 Å². The van der Waals surface area contributed by atoms with Crippen LogP contribution in [0.3, 0.4) is 0 Å². The van der Waals surface area contributed by atoms with Crippen molar-refractivity contribution >= 4 is 0 Å². The lowest BCUT2D eigenvalue weighted by Crippen LogP contribution is -2.54. The summed E-state index contributed by atoms with van der Waals surface area (Å²) >= 11 is 0. The van der Waals surface area contributed by atoms with Gasteiger partial charge in [0.2, 0.25) is 6.54 Å². The van der Waals surface area contributed by atoms with E-state index in [1.165, 1.54) is 0 Å². The number of hydrogen-bond acceptors (Lipinski definition) is 5. The van der Waals surface area contributed by atoms with Gasteiger partial charge in [0.05, 0.1) is 25.0 Å². The summed E-state index contributed by atoms with van der Waals surface area (Å²) in [5, 5.41) is 17.1. The van der Waals surface area contributed by atoms with E-state index >= 15 is 0 Å². The highest BCUT2D eigenvalue weighted by atomic mass is 16.2. The molecule has 9 nitrogen and oxygen atoms in total. The van der Waals surface area contributed by atoms with Gasteiger partial charge in [0.25, 0.3) is 0 Å². The van der Waals surface area contributed by atoms with E-state index in [4.69, 9.17) is 17.1 Å². The first-order valence-electron chi connectivity index (χ1n) is 6.10.